The maximum Gasteiger partial charge on any atom is 0.343 e. The third-order valence-corrected chi connectivity index (χ3v) is 9.73. The summed E-state index contributed by atoms with van der Waals surface area (Å²) in [5.41, 5.74) is 5.22. The molecule has 3 amide bonds. The number of hydrogen-bond donors (Lipinski definition) is 1. The second kappa shape index (κ2) is 14.1. The van der Waals surface area contributed by atoms with Gasteiger partial charge >= 0.3 is 11.7 Å². The summed E-state index contributed by atoms with van der Waals surface area (Å²) in [6, 6.07) is 14.1. The summed E-state index contributed by atoms with van der Waals surface area (Å²) in [5.74, 6) is -1.52. The molecule has 2 N–H and O–H groups in total. The lowest BCUT2D eigenvalue weighted by Gasteiger charge is -2.22. The smallest absolute Gasteiger partial charge is 0.343 e. The van der Waals surface area contributed by atoms with Crippen molar-refractivity contribution in [1.29, 1.82) is 0 Å². The van der Waals surface area contributed by atoms with Crippen molar-refractivity contribution in [2.24, 2.45) is 5.73 Å². The lowest BCUT2D eigenvalue weighted by molar-refractivity contribution is -0.127. The van der Waals surface area contributed by atoms with Gasteiger partial charge in [-0.3, -0.25) is 19.0 Å². The van der Waals surface area contributed by atoms with E-state index in [1.807, 2.05) is 11.9 Å². The van der Waals surface area contributed by atoms with E-state index in [0.717, 1.165) is 39.5 Å². The van der Waals surface area contributed by atoms with E-state index in [1.54, 1.807) is 41.3 Å². The van der Waals surface area contributed by atoms with E-state index in [-0.39, 0.29) is 34.0 Å². The van der Waals surface area contributed by atoms with Crippen molar-refractivity contribution >= 4 is 39.2 Å². The van der Waals surface area contributed by atoms with Crippen LogP contribution < -0.4 is 22.0 Å². The number of likely N-dealkylation sites (N-methyl/N-ethyl adjacent to an activating group) is 1. The first-order chi connectivity index (χ1) is 23.6. The molecule has 254 valence electrons. The predicted molar refractivity (Wildman–Crippen MR) is 182 cm³/mol. The maximum absolute atomic E-state index is 15.0. The second-order valence-corrected chi connectivity index (χ2v) is 12.6. The zero-order chi connectivity index (χ0) is 34.8. The fourth-order valence-corrected chi connectivity index (χ4v) is 7.28. The number of rotatable bonds is 11. The number of fused-ring (bicyclic) bond motifs is 1. The fraction of sp³-hybridized carbons (Fsp3) is 0.265. The highest BCUT2D eigenvalue weighted by Crippen LogP contribution is 2.39. The summed E-state index contributed by atoms with van der Waals surface area (Å²) in [5, 5.41) is 1.10. The highest BCUT2D eigenvalue weighted by molar-refractivity contribution is 7.22. The molecule has 6 rings (SSSR count). The van der Waals surface area contributed by atoms with Crippen molar-refractivity contribution in [3.05, 3.63) is 110 Å². The van der Waals surface area contributed by atoms with Crippen molar-refractivity contribution < 1.29 is 23.2 Å². The van der Waals surface area contributed by atoms with Gasteiger partial charge in [0.15, 0.2) is 0 Å². The number of hydroxylamine groups is 1. The molecule has 2 aromatic carbocycles. The van der Waals surface area contributed by atoms with Crippen molar-refractivity contribution in [2.45, 2.75) is 25.9 Å². The molecule has 15 heteroatoms. The monoisotopic (exact) mass is 689 g/mol. The Morgan fingerprint density at radius 1 is 1.02 bits per heavy atom. The molecule has 0 unspecified atom stereocenters. The Morgan fingerprint density at radius 3 is 2.37 bits per heavy atom. The molecule has 0 atom stereocenters. The van der Waals surface area contributed by atoms with Gasteiger partial charge in [0.1, 0.15) is 22.3 Å². The first-order valence-corrected chi connectivity index (χ1v) is 16.3. The second-order valence-electron chi connectivity index (χ2n) is 11.6. The van der Waals surface area contributed by atoms with Crippen molar-refractivity contribution in [2.75, 3.05) is 38.9 Å². The largest absolute Gasteiger partial charge is 0.349 e. The van der Waals surface area contributed by atoms with Crippen LogP contribution in [0.3, 0.4) is 0 Å². The zero-order valence-corrected chi connectivity index (χ0v) is 27.6. The predicted octanol–water partition coefficient (Wildman–Crippen LogP) is 4.10. The lowest BCUT2D eigenvalue weighted by atomic mass is 10.1. The van der Waals surface area contributed by atoms with E-state index in [1.165, 1.54) is 30.0 Å². The number of primary amides is 1. The Balaban J connectivity index is 1.57. The molecular formula is C34H33F2N7O5S. The summed E-state index contributed by atoms with van der Waals surface area (Å²) < 4.78 is 32.1. The van der Waals surface area contributed by atoms with Gasteiger partial charge in [-0.25, -0.2) is 27.9 Å². The molecule has 0 saturated carbocycles. The molecule has 4 heterocycles. The molecule has 0 aliphatic carbocycles. The van der Waals surface area contributed by atoms with Crippen molar-refractivity contribution in [3.8, 4) is 16.3 Å². The van der Waals surface area contributed by atoms with E-state index < -0.39 is 35.5 Å². The Labute approximate surface area is 283 Å². The number of carbonyl (C=O) groups excluding carboxylic acids is 2. The Hall–Kier alpha value is -5.25. The number of thiophene rings is 1. The van der Waals surface area contributed by atoms with Crippen LogP contribution in [0.1, 0.15) is 24.0 Å². The SMILES string of the molecule is CON(C(N)=O)c1ccc(-c2sc3c(c2CN(C)CCN2CCCC2=O)c(=O)n(-c2ccccn2)c(=O)n3Cc2c(F)cccc2F)cc1. The quantitative estimate of drug-likeness (QED) is 0.206. The van der Waals surface area contributed by atoms with Gasteiger partial charge in [0.05, 0.1) is 24.7 Å². The number of aromatic nitrogens is 3. The average molecular weight is 690 g/mol. The molecule has 1 aliphatic rings. The summed E-state index contributed by atoms with van der Waals surface area (Å²) in [4.78, 5) is 66.7. The van der Waals surface area contributed by atoms with Gasteiger partial charge in [0.2, 0.25) is 5.91 Å². The van der Waals surface area contributed by atoms with Crippen LogP contribution in [0.2, 0.25) is 0 Å². The molecule has 3 aromatic heterocycles. The number of amides is 3. The number of hydrogen-bond acceptors (Lipinski definition) is 8. The number of benzene rings is 2. The van der Waals surface area contributed by atoms with E-state index >= 15 is 8.78 Å². The number of urea groups is 1. The highest BCUT2D eigenvalue weighted by Gasteiger charge is 2.27. The van der Waals surface area contributed by atoms with Crippen LogP contribution in [-0.4, -0.2) is 69.6 Å². The van der Waals surface area contributed by atoms with Gasteiger partial charge in [-0.1, -0.05) is 24.3 Å². The minimum atomic E-state index is -0.837. The van der Waals surface area contributed by atoms with E-state index in [0.29, 0.717) is 47.7 Å². The summed E-state index contributed by atoms with van der Waals surface area (Å²) in [6.07, 6.45) is 2.76. The average Bonchev–Trinajstić information content (AvgIpc) is 3.67. The molecule has 0 radical (unpaired) electrons. The topological polar surface area (TPSA) is 136 Å². The van der Waals surface area contributed by atoms with E-state index in [9.17, 15) is 19.2 Å². The van der Waals surface area contributed by atoms with E-state index in [4.69, 9.17) is 10.6 Å². The lowest BCUT2D eigenvalue weighted by Crippen LogP contribution is -2.40. The van der Waals surface area contributed by atoms with Crippen LogP contribution in [-0.2, 0) is 22.7 Å². The third-order valence-electron chi connectivity index (χ3n) is 8.43. The first kappa shape index (κ1) is 33.6. The van der Waals surface area contributed by atoms with Crippen molar-refractivity contribution in [1.82, 2.24) is 23.9 Å². The summed E-state index contributed by atoms with van der Waals surface area (Å²) in [7, 11) is 3.17. The van der Waals surface area contributed by atoms with Gasteiger partial charge in [-0.05, 0) is 61.0 Å². The van der Waals surface area contributed by atoms with E-state index in [2.05, 4.69) is 4.98 Å². The number of nitrogens with zero attached hydrogens (tertiary/aromatic N) is 6. The molecule has 1 saturated heterocycles. The van der Waals surface area contributed by atoms with Crippen LogP contribution >= 0.6 is 11.3 Å². The molecule has 12 nitrogen and oxygen atoms in total. The standard InChI is InChI=1S/C34H33F2N7O5S/c1-39(17-18-40-16-6-10-28(40)44)19-24-29-31(45)42(27-9-3-4-15-38-27)34(47)41(20-23-25(35)7-5-8-26(23)36)32(29)49-30(24)21-11-13-22(14-12-21)43(48-2)33(37)46/h3-5,7-9,11-15H,6,10,16-20H2,1-2H3,(H2,37,46). The number of nitrogens with two attached hydrogens (primary N) is 1. The number of halogens is 2. The van der Waals surface area contributed by atoms with Crippen LogP contribution in [0.4, 0.5) is 19.3 Å². The molecule has 49 heavy (non-hydrogen) atoms. The highest BCUT2D eigenvalue weighted by atomic mass is 32.1. The molecule has 1 aliphatic heterocycles. The number of pyridine rings is 1. The Morgan fingerprint density at radius 2 is 1.76 bits per heavy atom. The maximum atomic E-state index is 15.0. The number of likely N-dealkylation sites (tertiary alicyclic amines) is 1. The van der Waals surface area contributed by atoms with Crippen LogP contribution in [0.5, 0.6) is 0 Å². The molecular weight excluding hydrogens is 656 g/mol. The van der Waals surface area contributed by atoms with Gasteiger partial charge in [-0.15, -0.1) is 11.3 Å². The Bertz CT molecular complexity index is 2130. The summed E-state index contributed by atoms with van der Waals surface area (Å²) in [6.45, 7) is 1.42. The fourth-order valence-electron chi connectivity index (χ4n) is 5.97. The van der Waals surface area contributed by atoms with Crippen LogP contribution in [0.15, 0.2) is 76.4 Å². The van der Waals surface area contributed by atoms with Gasteiger partial charge in [0.25, 0.3) is 5.56 Å². The molecule has 5 aromatic rings. The molecule has 1 fully saturated rings. The summed E-state index contributed by atoms with van der Waals surface area (Å²) >= 11 is 1.14. The normalized spacial score (nSPS) is 13.2. The number of carbonyl (C=O) groups is 2. The number of anilines is 1. The Kier molecular flexibility index (Phi) is 9.67. The first-order valence-electron chi connectivity index (χ1n) is 15.4. The zero-order valence-electron chi connectivity index (χ0n) is 26.8. The van der Waals surface area contributed by atoms with Crippen LogP contribution in [0.25, 0.3) is 26.5 Å². The van der Waals surface area contributed by atoms with Crippen molar-refractivity contribution in [3.63, 3.8) is 0 Å². The van der Waals surface area contributed by atoms with Gasteiger partial charge in [0, 0.05) is 49.2 Å². The van der Waals surface area contributed by atoms with Crippen LogP contribution in [0, 0.1) is 11.6 Å². The molecule has 0 spiro atoms. The minimum Gasteiger partial charge on any atom is -0.349 e. The third kappa shape index (κ3) is 6.60. The van der Waals surface area contributed by atoms with Gasteiger partial charge < -0.3 is 15.5 Å². The van der Waals surface area contributed by atoms with Gasteiger partial charge in [-0.2, -0.15) is 5.06 Å². The molecule has 0 bridgehead atoms. The minimum absolute atomic E-state index is 0.0530.